The number of carbonyl (C=O) groups is 1. The molecular weight excluding hydrogens is 425 g/mol. The van der Waals surface area contributed by atoms with Crippen LogP contribution in [0.4, 0.5) is 4.39 Å². The Labute approximate surface area is 195 Å². The maximum Gasteiger partial charge on any atom is 0.225 e. The van der Waals surface area contributed by atoms with E-state index in [2.05, 4.69) is 5.10 Å². The van der Waals surface area contributed by atoms with Gasteiger partial charge in [-0.05, 0) is 24.8 Å². The molecule has 182 valence electrons. The summed E-state index contributed by atoms with van der Waals surface area (Å²) in [6, 6.07) is 5.59. The molecule has 1 aliphatic rings. The summed E-state index contributed by atoms with van der Waals surface area (Å²) in [6.45, 7) is 1.07. The second-order valence-electron chi connectivity index (χ2n) is 8.53. The molecule has 1 aliphatic carbocycles. The Bertz CT molecular complexity index is 878. The second-order valence-corrected chi connectivity index (χ2v) is 8.53. The standard InChI is InChI=1S/C25H36FN3O4/c1-28-17-20(16-27-28)22-11-7-8-19(25(22)26)12-14-33-15-13-23(30)29(18-24(31-2)32-3)21-9-5-4-6-10-21/h7-8,11,16-17,21,24H,4-6,9-10,12-15,18H2,1-3H3. The molecule has 1 amide bonds. The average molecular weight is 462 g/mol. The van der Waals surface area contributed by atoms with E-state index in [1.807, 2.05) is 11.0 Å². The van der Waals surface area contributed by atoms with Gasteiger partial charge in [-0.2, -0.15) is 5.10 Å². The van der Waals surface area contributed by atoms with Crippen molar-refractivity contribution in [2.45, 2.75) is 57.3 Å². The predicted molar refractivity (Wildman–Crippen MR) is 124 cm³/mol. The number of benzene rings is 1. The van der Waals surface area contributed by atoms with Crippen molar-refractivity contribution in [2.75, 3.05) is 34.0 Å². The molecule has 0 aliphatic heterocycles. The number of hydrogen-bond donors (Lipinski definition) is 0. The fraction of sp³-hybridized carbons (Fsp3) is 0.600. The highest BCUT2D eigenvalue weighted by atomic mass is 19.1. The van der Waals surface area contributed by atoms with Crippen LogP contribution >= 0.6 is 0 Å². The predicted octanol–water partition coefficient (Wildman–Crippen LogP) is 3.96. The minimum absolute atomic E-state index is 0.0470. The number of carbonyl (C=O) groups excluding carboxylic acids is 1. The summed E-state index contributed by atoms with van der Waals surface area (Å²) >= 11 is 0. The largest absolute Gasteiger partial charge is 0.381 e. The number of aromatic nitrogens is 2. The van der Waals surface area contributed by atoms with E-state index >= 15 is 0 Å². The van der Waals surface area contributed by atoms with Crippen LogP contribution in [0.1, 0.15) is 44.1 Å². The number of rotatable bonds is 12. The van der Waals surface area contributed by atoms with Crippen LogP contribution in [0.5, 0.6) is 0 Å². The number of methoxy groups -OCH3 is 2. The van der Waals surface area contributed by atoms with E-state index in [1.165, 1.54) is 6.42 Å². The number of nitrogens with zero attached hydrogens (tertiary/aromatic N) is 3. The van der Waals surface area contributed by atoms with Crippen LogP contribution in [0.15, 0.2) is 30.6 Å². The number of hydrogen-bond acceptors (Lipinski definition) is 5. The van der Waals surface area contributed by atoms with Crippen molar-refractivity contribution in [3.05, 3.63) is 42.0 Å². The van der Waals surface area contributed by atoms with Gasteiger partial charge in [0.1, 0.15) is 5.82 Å². The van der Waals surface area contributed by atoms with Gasteiger partial charge in [0, 0.05) is 44.6 Å². The number of aryl methyl sites for hydroxylation is 1. The van der Waals surface area contributed by atoms with Crippen molar-refractivity contribution in [1.29, 1.82) is 0 Å². The van der Waals surface area contributed by atoms with E-state index in [-0.39, 0.29) is 24.2 Å². The van der Waals surface area contributed by atoms with Crippen LogP contribution in [-0.2, 0) is 32.5 Å². The monoisotopic (exact) mass is 461 g/mol. The van der Waals surface area contributed by atoms with E-state index in [1.54, 1.807) is 50.5 Å². The summed E-state index contributed by atoms with van der Waals surface area (Å²) < 4.78 is 33.0. The second kappa shape index (κ2) is 12.8. The van der Waals surface area contributed by atoms with Gasteiger partial charge in [-0.25, -0.2) is 4.39 Å². The smallest absolute Gasteiger partial charge is 0.225 e. The molecule has 0 atom stereocenters. The maximum atomic E-state index is 14.9. The van der Waals surface area contributed by atoms with Gasteiger partial charge < -0.3 is 19.1 Å². The first-order valence-corrected chi connectivity index (χ1v) is 11.7. The van der Waals surface area contributed by atoms with Crippen LogP contribution in [0.3, 0.4) is 0 Å². The molecule has 0 saturated heterocycles. The van der Waals surface area contributed by atoms with Crippen LogP contribution < -0.4 is 0 Å². The van der Waals surface area contributed by atoms with Gasteiger partial charge in [0.2, 0.25) is 5.91 Å². The highest BCUT2D eigenvalue weighted by molar-refractivity contribution is 5.76. The number of ether oxygens (including phenoxy) is 3. The van der Waals surface area contributed by atoms with E-state index in [4.69, 9.17) is 14.2 Å². The zero-order chi connectivity index (χ0) is 23.6. The molecule has 0 N–H and O–H groups in total. The summed E-state index contributed by atoms with van der Waals surface area (Å²) in [7, 11) is 4.98. The Hall–Kier alpha value is -2.29. The lowest BCUT2D eigenvalue weighted by molar-refractivity contribution is -0.151. The van der Waals surface area contributed by atoms with Gasteiger partial charge in [0.05, 0.1) is 32.4 Å². The van der Waals surface area contributed by atoms with Gasteiger partial charge in [0.15, 0.2) is 6.29 Å². The van der Waals surface area contributed by atoms with Crippen molar-refractivity contribution >= 4 is 5.91 Å². The van der Waals surface area contributed by atoms with Crippen LogP contribution in [0.2, 0.25) is 0 Å². The fourth-order valence-electron chi connectivity index (χ4n) is 4.40. The number of halogens is 1. The maximum absolute atomic E-state index is 14.9. The summed E-state index contributed by atoms with van der Waals surface area (Å²) in [5.74, 6) is -0.204. The Morgan fingerprint density at radius 2 is 1.97 bits per heavy atom. The molecule has 0 bridgehead atoms. The third kappa shape index (κ3) is 7.09. The molecule has 1 heterocycles. The zero-order valence-electron chi connectivity index (χ0n) is 20.0. The molecule has 1 fully saturated rings. The minimum atomic E-state index is -0.438. The first-order chi connectivity index (χ1) is 16.0. The number of amides is 1. The molecule has 2 aromatic rings. The first-order valence-electron chi connectivity index (χ1n) is 11.7. The van der Waals surface area contributed by atoms with Gasteiger partial charge in [0.25, 0.3) is 0 Å². The Morgan fingerprint density at radius 3 is 2.64 bits per heavy atom. The topological polar surface area (TPSA) is 65.8 Å². The molecule has 33 heavy (non-hydrogen) atoms. The van der Waals surface area contributed by atoms with Crippen LogP contribution in [0.25, 0.3) is 11.1 Å². The summed E-state index contributed by atoms with van der Waals surface area (Å²) in [5, 5.41) is 4.12. The third-order valence-corrected chi connectivity index (χ3v) is 6.28. The lowest BCUT2D eigenvalue weighted by atomic mass is 9.94. The van der Waals surface area contributed by atoms with E-state index < -0.39 is 6.29 Å². The van der Waals surface area contributed by atoms with Gasteiger partial charge in [-0.1, -0.05) is 37.5 Å². The SMILES string of the molecule is COC(CN(C(=O)CCOCCc1cccc(-c2cnn(C)c2)c1F)C1CCCCC1)OC. The molecule has 1 saturated carbocycles. The molecule has 3 rings (SSSR count). The lowest BCUT2D eigenvalue weighted by Gasteiger charge is -2.36. The molecular formula is C25H36FN3O4. The van der Waals surface area contributed by atoms with Crippen LogP contribution in [-0.4, -0.2) is 66.9 Å². The molecule has 1 aromatic heterocycles. The van der Waals surface area contributed by atoms with Crippen molar-refractivity contribution in [3.63, 3.8) is 0 Å². The zero-order valence-corrected chi connectivity index (χ0v) is 20.0. The fourth-order valence-corrected chi connectivity index (χ4v) is 4.40. The van der Waals surface area contributed by atoms with E-state index in [9.17, 15) is 9.18 Å². The highest BCUT2D eigenvalue weighted by Gasteiger charge is 2.27. The van der Waals surface area contributed by atoms with Gasteiger partial charge in [-0.15, -0.1) is 0 Å². The van der Waals surface area contributed by atoms with Crippen molar-refractivity contribution in [1.82, 2.24) is 14.7 Å². The highest BCUT2D eigenvalue weighted by Crippen LogP contribution is 2.25. The van der Waals surface area contributed by atoms with Crippen LogP contribution in [0, 0.1) is 5.82 Å². The average Bonchev–Trinajstić information content (AvgIpc) is 3.27. The molecule has 0 spiro atoms. The first kappa shape index (κ1) is 25.3. The van der Waals surface area contributed by atoms with Gasteiger partial charge in [-0.3, -0.25) is 9.48 Å². The normalized spacial score (nSPS) is 14.7. The molecule has 8 heteroatoms. The van der Waals surface area contributed by atoms with E-state index in [0.717, 1.165) is 31.2 Å². The molecule has 7 nitrogen and oxygen atoms in total. The van der Waals surface area contributed by atoms with Crippen molar-refractivity contribution in [3.8, 4) is 11.1 Å². The Balaban J connectivity index is 1.49. The molecule has 0 unspecified atom stereocenters. The molecule has 1 aromatic carbocycles. The summed E-state index contributed by atoms with van der Waals surface area (Å²) in [6.07, 6.45) is 9.26. The van der Waals surface area contributed by atoms with E-state index in [0.29, 0.717) is 37.3 Å². The van der Waals surface area contributed by atoms with Crippen molar-refractivity contribution < 1.29 is 23.4 Å². The minimum Gasteiger partial charge on any atom is -0.381 e. The quantitative estimate of drug-likeness (QED) is 0.354. The Morgan fingerprint density at radius 1 is 1.21 bits per heavy atom. The van der Waals surface area contributed by atoms with Crippen molar-refractivity contribution in [2.24, 2.45) is 7.05 Å². The summed E-state index contributed by atoms with van der Waals surface area (Å²) in [4.78, 5) is 14.9. The third-order valence-electron chi connectivity index (χ3n) is 6.28. The summed E-state index contributed by atoms with van der Waals surface area (Å²) in [5.41, 5.74) is 1.87. The molecule has 0 radical (unpaired) electrons. The lowest BCUT2D eigenvalue weighted by Crippen LogP contribution is -2.46. The Kier molecular flexibility index (Phi) is 9.84. The van der Waals surface area contributed by atoms with Gasteiger partial charge >= 0.3 is 0 Å².